The van der Waals surface area contributed by atoms with Crippen molar-refractivity contribution in [3.8, 4) is 0 Å². The molecule has 2 aliphatic heterocycles. The molecule has 0 aromatic heterocycles. The molecule has 108 valence electrons. The Morgan fingerprint density at radius 3 is 2.82 bits per heavy atom. The minimum atomic E-state index is -0.107. The molecule has 1 N–H and O–H groups in total. The minimum absolute atomic E-state index is 0.0954. The first-order valence-corrected chi connectivity index (χ1v) is 7.45. The highest BCUT2D eigenvalue weighted by molar-refractivity contribution is 6.47. The lowest BCUT2D eigenvalue weighted by Gasteiger charge is -2.27. The van der Waals surface area contributed by atoms with E-state index in [1.54, 1.807) is 0 Å². The van der Waals surface area contributed by atoms with Gasteiger partial charge in [-0.05, 0) is 47.2 Å². The summed E-state index contributed by atoms with van der Waals surface area (Å²) in [5.74, 6) is 0.0954. The zero-order valence-electron chi connectivity index (χ0n) is 12.3. The van der Waals surface area contributed by atoms with Gasteiger partial charge in [-0.3, -0.25) is 9.79 Å². The summed E-state index contributed by atoms with van der Waals surface area (Å²) in [6.45, 7) is 2.03. The van der Waals surface area contributed by atoms with Crippen LogP contribution in [0.3, 0.4) is 0 Å². The van der Waals surface area contributed by atoms with Crippen LogP contribution in [-0.2, 0) is 4.79 Å². The first kappa shape index (κ1) is 13.0. The number of carbonyl (C=O) groups is 1. The van der Waals surface area contributed by atoms with Gasteiger partial charge in [-0.2, -0.15) is 0 Å². The topological polar surface area (TPSA) is 41.5 Å². The molecule has 0 bridgehead atoms. The fraction of sp³-hybridized carbons (Fsp3) is 0.158. The number of Topliss-reactive ketones (excluding diaryl/α,β-unsaturated/α-hetero) is 1. The molecule has 22 heavy (non-hydrogen) atoms. The molecule has 1 atom stereocenters. The Balaban J connectivity index is 1.81. The Hall–Kier alpha value is -2.68. The van der Waals surface area contributed by atoms with Crippen LogP contribution in [0.25, 0.3) is 10.8 Å². The molecule has 1 unspecified atom stereocenters. The average Bonchev–Trinajstić information content (AvgIpc) is 2.55. The molecule has 0 saturated carbocycles. The lowest BCUT2D eigenvalue weighted by atomic mass is 9.91. The van der Waals surface area contributed by atoms with Gasteiger partial charge in [0.15, 0.2) is 5.78 Å². The summed E-state index contributed by atoms with van der Waals surface area (Å²) in [6.07, 6.45) is 4.24. The van der Waals surface area contributed by atoms with Crippen LogP contribution >= 0.6 is 0 Å². The normalized spacial score (nSPS) is 20.7. The molecule has 2 heterocycles. The Kier molecular flexibility index (Phi) is 2.93. The van der Waals surface area contributed by atoms with Gasteiger partial charge in [0, 0.05) is 12.0 Å². The summed E-state index contributed by atoms with van der Waals surface area (Å²) < 4.78 is 0. The van der Waals surface area contributed by atoms with Gasteiger partial charge in [-0.15, -0.1) is 0 Å². The van der Waals surface area contributed by atoms with Gasteiger partial charge in [0.05, 0.1) is 0 Å². The van der Waals surface area contributed by atoms with E-state index in [0.29, 0.717) is 12.1 Å². The van der Waals surface area contributed by atoms with Crippen molar-refractivity contribution in [1.82, 2.24) is 5.32 Å². The van der Waals surface area contributed by atoms with Gasteiger partial charge >= 0.3 is 0 Å². The quantitative estimate of drug-likeness (QED) is 0.874. The highest BCUT2D eigenvalue weighted by Gasteiger charge is 2.29. The fourth-order valence-electron chi connectivity index (χ4n) is 3.07. The van der Waals surface area contributed by atoms with E-state index >= 15 is 0 Å². The Morgan fingerprint density at radius 1 is 1.14 bits per heavy atom. The molecule has 0 fully saturated rings. The van der Waals surface area contributed by atoms with E-state index in [9.17, 15) is 4.79 Å². The number of aliphatic imine (C=N–C) groups is 1. The first-order chi connectivity index (χ1) is 10.7. The van der Waals surface area contributed by atoms with Gasteiger partial charge in [-0.25, -0.2) is 0 Å². The van der Waals surface area contributed by atoms with E-state index in [-0.39, 0.29) is 11.9 Å². The number of allylic oxidation sites excluding steroid dienone is 2. The smallest absolute Gasteiger partial charge is 0.185 e. The third-order valence-electron chi connectivity index (χ3n) is 4.32. The lowest BCUT2D eigenvalue weighted by molar-refractivity contribution is -0.112. The fourth-order valence-corrected chi connectivity index (χ4v) is 3.07. The average molecular weight is 288 g/mol. The van der Waals surface area contributed by atoms with Crippen molar-refractivity contribution in [3.05, 3.63) is 71.5 Å². The van der Waals surface area contributed by atoms with Crippen LogP contribution in [0.4, 0.5) is 0 Å². The van der Waals surface area contributed by atoms with Crippen LogP contribution in [-0.4, -0.2) is 17.7 Å². The highest BCUT2D eigenvalue weighted by atomic mass is 16.1. The number of hydrogen-bond acceptors (Lipinski definition) is 3. The van der Waals surface area contributed by atoms with Crippen molar-refractivity contribution in [2.24, 2.45) is 4.99 Å². The summed E-state index contributed by atoms with van der Waals surface area (Å²) in [4.78, 5) is 17.2. The largest absolute Gasteiger partial charge is 0.366 e. The summed E-state index contributed by atoms with van der Waals surface area (Å²) >= 11 is 0. The SMILES string of the molecule is CC1=C2CC(=O)C(c3ccc4ccccc4c3)=NC2NC=C1. The molecule has 4 rings (SSSR count). The molecular weight excluding hydrogens is 272 g/mol. The van der Waals surface area contributed by atoms with Gasteiger partial charge < -0.3 is 5.32 Å². The van der Waals surface area contributed by atoms with Gasteiger partial charge in [0.2, 0.25) is 0 Å². The predicted octanol–water partition coefficient (Wildman–Crippen LogP) is 3.36. The summed E-state index contributed by atoms with van der Waals surface area (Å²) in [7, 11) is 0. The van der Waals surface area contributed by atoms with E-state index in [2.05, 4.69) is 22.4 Å². The number of nitrogens with one attached hydrogen (secondary N) is 1. The molecule has 0 radical (unpaired) electrons. The molecule has 0 saturated heterocycles. The first-order valence-electron chi connectivity index (χ1n) is 7.45. The maximum Gasteiger partial charge on any atom is 0.185 e. The third-order valence-corrected chi connectivity index (χ3v) is 4.32. The maximum atomic E-state index is 12.5. The zero-order valence-corrected chi connectivity index (χ0v) is 12.3. The van der Waals surface area contributed by atoms with Crippen LogP contribution < -0.4 is 5.32 Å². The lowest BCUT2D eigenvalue weighted by Crippen LogP contribution is -2.36. The van der Waals surface area contributed by atoms with Crippen LogP contribution in [0, 0.1) is 0 Å². The van der Waals surface area contributed by atoms with Crippen molar-refractivity contribution in [2.45, 2.75) is 19.5 Å². The van der Waals surface area contributed by atoms with Crippen molar-refractivity contribution in [1.29, 1.82) is 0 Å². The number of nitrogens with zero attached hydrogens (tertiary/aromatic N) is 1. The van der Waals surface area contributed by atoms with E-state index in [1.807, 2.05) is 49.5 Å². The van der Waals surface area contributed by atoms with E-state index in [1.165, 1.54) is 5.39 Å². The molecule has 0 spiro atoms. The summed E-state index contributed by atoms with van der Waals surface area (Å²) in [5.41, 5.74) is 3.70. The molecule has 3 nitrogen and oxygen atoms in total. The molecule has 0 amide bonds. The number of rotatable bonds is 1. The maximum absolute atomic E-state index is 12.5. The molecular formula is C19H16N2O. The molecule has 3 heteroatoms. The van der Waals surface area contributed by atoms with Gasteiger partial charge in [-0.1, -0.05) is 36.4 Å². The zero-order chi connectivity index (χ0) is 15.1. The molecule has 2 aromatic carbocycles. The van der Waals surface area contributed by atoms with E-state index in [4.69, 9.17) is 0 Å². The van der Waals surface area contributed by atoms with Crippen LogP contribution in [0.5, 0.6) is 0 Å². The van der Waals surface area contributed by atoms with Crippen molar-refractivity contribution < 1.29 is 4.79 Å². The number of fused-ring (bicyclic) bond motifs is 2. The minimum Gasteiger partial charge on any atom is -0.366 e. The van der Waals surface area contributed by atoms with Crippen LogP contribution in [0.1, 0.15) is 18.9 Å². The second kappa shape index (κ2) is 4.95. The number of dihydropyridines is 1. The number of carbonyl (C=O) groups excluding carboxylic acids is 1. The molecule has 2 aliphatic rings. The van der Waals surface area contributed by atoms with Crippen LogP contribution in [0.15, 0.2) is 70.9 Å². The Bertz CT molecular complexity index is 874. The highest BCUT2D eigenvalue weighted by Crippen LogP contribution is 2.26. The number of hydrogen-bond donors (Lipinski definition) is 1. The van der Waals surface area contributed by atoms with Gasteiger partial charge in [0.25, 0.3) is 0 Å². The van der Waals surface area contributed by atoms with E-state index < -0.39 is 0 Å². The van der Waals surface area contributed by atoms with Crippen LogP contribution in [0.2, 0.25) is 0 Å². The summed E-state index contributed by atoms with van der Waals surface area (Å²) in [6, 6.07) is 14.2. The third kappa shape index (κ3) is 2.06. The predicted molar refractivity (Wildman–Crippen MR) is 88.9 cm³/mol. The van der Waals surface area contributed by atoms with Crippen molar-refractivity contribution >= 4 is 22.3 Å². The number of benzene rings is 2. The standard InChI is InChI=1S/C19H16N2O/c1-12-8-9-20-19-16(12)11-17(22)18(21-19)15-7-6-13-4-2-3-5-14(13)10-15/h2-10,19-20H,11H2,1H3. The molecule has 2 aromatic rings. The second-order valence-corrected chi connectivity index (χ2v) is 5.75. The monoisotopic (exact) mass is 288 g/mol. The van der Waals surface area contributed by atoms with E-state index in [0.717, 1.165) is 22.1 Å². The Labute approximate surface area is 129 Å². The number of ketones is 1. The van der Waals surface area contributed by atoms with Crippen molar-refractivity contribution in [2.75, 3.05) is 0 Å². The van der Waals surface area contributed by atoms with Crippen molar-refractivity contribution in [3.63, 3.8) is 0 Å². The summed E-state index contributed by atoms with van der Waals surface area (Å²) in [5, 5.41) is 5.53. The second-order valence-electron chi connectivity index (χ2n) is 5.75. The van der Waals surface area contributed by atoms with Gasteiger partial charge in [0.1, 0.15) is 11.9 Å². The molecule has 0 aliphatic carbocycles. The Morgan fingerprint density at radius 2 is 1.95 bits per heavy atom.